The number of aryl methyl sites for hydroxylation is 1. The number of amides is 2. The van der Waals surface area contributed by atoms with Crippen molar-refractivity contribution in [2.45, 2.75) is 52.2 Å². The number of carbonyl (C=O) groups is 2. The minimum atomic E-state index is -0.719. The predicted molar refractivity (Wildman–Crippen MR) is 161 cm³/mol. The van der Waals surface area contributed by atoms with Crippen LogP contribution in [-0.2, 0) is 4.74 Å². The SMILES string of the molecule is Cc1ccc2c(N(C(=O)c3ccc(-n4nnc5cccnc54)cc3F)[C@@H]3CCCN(C(=O)OC(C)(C)C)C3)nccc2c1. The molecule has 10 nitrogen and oxygen atoms in total. The molecule has 0 bridgehead atoms. The first-order valence-corrected chi connectivity index (χ1v) is 14.2. The molecule has 4 heterocycles. The van der Waals surface area contributed by atoms with Crippen LogP contribution in [0.15, 0.2) is 67.0 Å². The number of rotatable bonds is 4. The van der Waals surface area contributed by atoms with Gasteiger partial charge in [-0.15, -0.1) is 5.10 Å². The zero-order valence-corrected chi connectivity index (χ0v) is 24.5. The summed E-state index contributed by atoms with van der Waals surface area (Å²) in [5.41, 5.74) is 1.70. The highest BCUT2D eigenvalue weighted by Crippen LogP contribution is 2.32. The fourth-order valence-corrected chi connectivity index (χ4v) is 5.44. The first-order chi connectivity index (χ1) is 20.6. The quantitative estimate of drug-likeness (QED) is 0.262. The summed E-state index contributed by atoms with van der Waals surface area (Å²) in [5.74, 6) is -0.862. The lowest BCUT2D eigenvalue weighted by atomic mass is 10.0. The van der Waals surface area contributed by atoms with E-state index in [9.17, 15) is 9.59 Å². The molecule has 3 aromatic heterocycles. The summed E-state index contributed by atoms with van der Waals surface area (Å²) >= 11 is 0. The zero-order valence-electron chi connectivity index (χ0n) is 24.5. The molecule has 0 aliphatic carbocycles. The maximum absolute atomic E-state index is 15.9. The number of likely N-dealkylation sites (tertiary alicyclic amines) is 1. The number of fused-ring (bicyclic) bond motifs is 2. The van der Waals surface area contributed by atoms with Crippen LogP contribution in [0, 0.1) is 12.7 Å². The van der Waals surface area contributed by atoms with Crippen molar-refractivity contribution < 1.29 is 18.7 Å². The molecule has 1 fully saturated rings. The van der Waals surface area contributed by atoms with E-state index in [1.807, 2.05) is 52.0 Å². The van der Waals surface area contributed by atoms with E-state index in [4.69, 9.17) is 4.74 Å². The third-order valence-corrected chi connectivity index (χ3v) is 7.40. The summed E-state index contributed by atoms with van der Waals surface area (Å²) in [5, 5.41) is 9.87. The first-order valence-electron chi connectivity index (χ1n) is 14.2. The molecule has 1 aliphatic rings. The Labute approximate surface area is 248 Å². The second-order valence-corrected chi connectivity index (χ2v) is 11.8. The van der Waals surface area contributed by atoms with Gasteiger partial charge in [0.2, 0.25) is 0 Å². The number of hydrogen-bond acceptors (Lipinski definition) is 7. The normalized spacial score (nSPS) is 15.6. The number of anilines is 1. The minimum absolute atomic E-state index is 0.124. The summed E-state index contributed by atoms with van der Waals surface area (Å²) in [6.45, 7) is 8.16. The van der Waals surface area contributed by atoms with Crippen molar-refractivity contribution in [3.05, 3.63) is 83.9 Å². The number of piperidine rings is 1. The van der Waals surface area contributed by atoms with Gasteiger partial charge in [-0.2, -0.15) is 4.68 Å². The summed E-state index contributed by atoms with van der Waals surface area (Å²) in [4.78, 5) is 39.4. The minimum Gasteiger partial charge on any atom is -0.444 e. The molecule has 0 saturated carbocycles. The summed E-state index contributed by atoms with van der Waals surface area (Å²) in [7, 11) is 0. The molecule has 0 spiro atoms. The molecule has 1 atom stereocenters. The van der Waals surface area contributed by atoms with E-state index in [1.54, 1.807) is 40.4 Å². The number of halogens is 1. The third-order valence-electron chi connectivity index (χ3n) is 7.40. The van der Waals surface area contributed by atoms with Crippen molar-refractivity contribution >= 4 is 39.8 Å². The molecule has 11 heteroatoms. The van der Waals surface area contributed by atoms with Gasteiger partial charge in [0.25, 0.3) is 5.91 Å². The van der Waals surface area contributed by atoms with Crippen molar-refractivity contribution in [3.63, 3.8) is 0 Å². The van der Waals surface area contributed by atoms with Crippen LogP contribution < -0.4 is 4.90 Å². The van der Waals surface area contributed by atoms with Gasteiger partial charge < -0.3 is 9.64 Å². The maximum Gasteiger partial charge on any atom is 0.410 e. The molecule has 43 heavy (non-hydrogen) atoms. The monoisotopic (exact) mass is 581 g/mol. The molecule has 220 valence electrons. The van der Waals surface area contributed by atoms with Gasteiger partial charge in [0.1, 0.15) is 22.8 Å². The Morgan fingerprint density at radius 1 is 1.05 bits per heavy atom. The highest BCUT2D eigenvalue weighted by molar-refractivity contribution is 6.10. The van der Waals surface area contributed by atoms with Crippen LogP contribution in [0.4, 0.5) is 15.0 Å². The van der Waals surface area contributed by atoms with E-state index in [2.05, 4.69) is 20.3 Å². The molecule has 1 aliphatic heterocycles. The van der Waals surface area contributed by atoms with Crippen molar-refractivity contribution in [2.75, 3.05) is 18.0 Å². The predicted octanol–water partition coefficient (Wildman–Crippen LogP) is 5.86. The van der Waals surface area contributed by atoms with Crippen LogP contribution in [-0.4, -0.2) is 66.6 Å². The van der Waals surface area contributed by atoms with Crippen LogP contribution in [0.3, 0.4) is 0 Å². The van der Waals surface area contributed by atoms with Crippen LogP contribution in [0.25, 0.3) is 27.6 Å². The Bertz CT molecular complexity index is 1850. The molecule has 5 aromatic rings. The summed E-state index contributed by atoms with van der Waals surface area (Å²) in [6.07, 6.45) is 4.05. The second-order valence-electron chi connectivity index (χ2n) is 11.8. The average Bonchev–Trinajstić information content (AvgIpc) is 3.41. The van der Waals surface area contributed by atoms with Crippen LogP contribution >= 0.6 is 0 Å². The number of nitrogens with zero attached hydrogens (tertiary/aromatic N) is 7. The molecular weight excluding hydrogens is 549 g/mol. The van der Waals surface area contributed by atoms with E-state index in [0.29, 0.717) is 42.1 Å². The smallest absolute Gasteiger partial charge is 0.410 e. The van der Waals surface area contributed by atoms with Crippen molar-refractivity contribution in [1.82, 2.24) is 29.9 Å². The Morgan fingerprint density at radius 3 is 2.67 bits per heavy atom. The second kappa shape index (κ2) is 11.0. The van der Waals surface area contributed by atoms with Gasteiger partial charge in [-0.3, -0.25) is 9.69 Å². The number of aromatic nitrogens is 5. The molecule has 0 N–H and O–H groups in total. The number of ether oxygens (including phenoxy) is 1. The van der Waals surface area contributed by atoms with Crippen LogP contribution in [0.5, 0.6) is 0 Å². The van der Waals surface area contributed by atoms with Gasteiger partial charge in [-0.1, -0.05) is 29.0 Å². The summed E-state index contributed by atoms with van der Waals surface area (Å²) < 4.78 is 22.9. The largest absolute Gasteiger partial charge is 0.444 e. The van der Waals surface area contributed by atoms with E-state index in [-0.39, 0.29) is 12.1 Å². The average molecular weight is 582 g/mol. The highest BCUT2D eigenvalue weighted by Gasteiger charge is 2.36. The number of hydrogen-bond donors (Lipinski definition) is 0. The zero-order chi connectivity index (χ0) is 30.3. The molecule has 1 saturated heterocycles. The van der Waals surface area contributed by atoms with E-state index in [0.717, 1.165) is 16.3 Å². The number of pyridine rings is 2. The van der Waals surface area contributed by atoms with Gasteiger partial charge in [0, 0.05) is 36.9 Å². The molecule has 0 radical (unpaired) electrons. The maximum atomic E-state index is 15.9. The van der Waals surface area contributed by atoms with Gasteiger partial charge >= 0.3 is 6.09 Å². The molecular formula is C32H32FN7O3. The topological polar surface area (TPSA) is 106 Å². The standard InChI is InChI=1S/C32H32FN7O3/c1-20-9-11-24-21(17-20)13-15-35-28(24)39(23-7-6-16-38(19-23)31(42)43-32(2,3)4)30(41)25-12-10-22(18-26(25)33)40-29-27(36-37-40)8-5-14-34-29/h5,8-15,17-18,23H,6-7,16,19H2,1-4H3/t23-/m1/s1. The molecule has 2 aromatic carbocycles. The van der Waals surface area contributed by atoms with Gasteiger partial charge in [-0.25, -0.2) is 19.2 Å². The van der Waals surface area contributed by atoms with Crippen molar-refractivity contribution in [2.24, 2.45) is 0 Å². The molecule has 2 amide bonds. The fourth-order valence-electron chi connectivity index (χ4n) is 5.44. The summed E-state index contributed by atoms with van der Waals surface area (Å²) in [6, 6.07) is 15.1. The Kier molecular flexibility index (Phi) is 7.25. The van der Waals surface area contributed by atoms with E-state index < -0.39 is 29.5 Å². The van der Waals surface area contributed by atoms with Gasteiger partial charge in [0.05, 0.1) is 17.3 Å². The van der Waals surface area contributed by atoms with Crippen molar-refractivity contribution in [1.29, 1.82) is 0 Å². The highest BCUT2D eigenvalue weighted by atomic mass is 19.1. The van der Waals surface area contributed by atoms with Crippen LogP contribution in [0.1, 0.15) is 49.5 Å². The fraction of sp³-hybridized carbons (Fsp3) is 0.312. The number of carbonyl (C=O) groups excluding carboxylic acids is 2. The lowest BCUT2D eigenvalue weighted by Crippen LogP contribution is -2.53. The van der Waals surface area contributed by atoms with Gasteiger partial charge in [-0.05, 0) is 76.3 Å². The van der Waals surface area contributed by atoms with Gasteiger partial charge in [0.15, 0.2) is 5.65 Å². The van der Waals surface area contributed by atoms with E-state index >= 15 is 4.39 Å². The Morgan fingerprint density at radius 2 is 1.88 bits per heavy atom. The van der Waals surface area contributed by atoms with Crippen molar-refractivity contribution in [3.8, 4) is 5.69 Å². The third kappa shape index (κ3) is 5.62. The molecule has 0 unspecified atom stereocenters. The lowest BCUT2D eigenvalue weighted by molar-refractivity contribution is 0.0196. The molecule has 6 rings (SSSR count). The number of benzene rings is 2. The first kappa shape index (κ1) is 28.2. The van der Waals surface area contributed by atoms with Crippen LogP contribution in [0.2, 0.25) is 0 Å². The Hall–Kier alpha value is -4.93. The van der Waals surface area contributed by atoms with E-state index in [1.165, 1.54) is 16.8 Å². The lowest BCUT2D eigenvalue weighted by Gasteiger charge is -2.39. The Balaban J connectivity index is 1.40.